The van der Waals surface area contributed by atoms with Crippen LogP contribution in [0.25, 0.3) is 22.3 Å². The minimum atomic E-state index is 0.173. The largest absolute Gasteiger partial charge is 0.497 e. The molecule has 25 heavy (non-hydrogen) atoms. The molecule has 0 unspecified atom stereocenters. The Labute approximate surface area is 152 Å². The lowest BCUT2D eigenvalue weighted by molar-refractivity contribution is 0.415. The number of fused-ring (bicyclic) bond motifs is 1. The predicted octanol–water partition coefficient (Wildman–Crippen LogP) is 4.36. The molecule has 0 saturated heterocycles. The first-order valence-corrected chi connectivity index (χ1v) is 8.81. The number of ether oxygens (including phenoxy) is 1. The molecule has 0 aliphatic heterocycles. The quantitative estimate of drug-likeness (QED) is 0.510. The summed E-state index contributed by atoms with van der Waals surface area (Å²) in [5.41, 5.74) is 3.63. The summed E-state index contributed by atoms with van der Waals surface area (Å²) < 4.78 is 5.20. The Bertz CT molecular complexity index is 1010. The number of halogens is 1. The van der Waals surface area contributed by atoms with Gasteiger partial charge < -0.3 is 15.0 Å². The van der Waals surface area contributed by atoms with Gasteiger partial charge in [-0.2, -0.15) is 9.97 Å². The molecule has 4 aromatic rings. The molecule has 4 rings (SSSR count). The van der Waals surface area contributed by atoms with Gasteiger partial charge in [-0.25, -0.2) is 4.98 Å². The zero-order chi connectivity index (χ0) is 17.2. The maximum absolute atomic E-state index is 5.95. The molecule has 3 aromatic heterocycles. The van der Waals surface area contributed by atoms with Crippen LogP contribution in [0, 0.1) is 0 Å². The van der Waals surface area contributed by atoms with Gasteiger partial charge in [-0.3, -0.25) is 0 Å². The van der Waals surface area contributed by atoms with Crippen LogP contribution in [0.15, 0.2) is 42.0 Å². The minimum absolute atomic E-state index is 0.173. The molecule has 0 amide bonds. The van der Waals surface area contributed by atoms with Gasteiger partial charge in [0.15, 0.2) is 11.5 Å². The highest BCUT2D eigenvalue weighted by atomic mass is 35.5. The molecule has 0 saturated carbocycles. The van der Waals surface area contributed by atoms with E-state index >= 15 is 0 Å². The molecule has 126 valence electrons. The van der Waals surface area contributed by atoms with Crippen molar-refractivity contribution < 1.29 is 4.74 Å². The van der Waals surface area contributed by atoms with Gasteiger partial charge in [-0.1, -0.05) is 12.1 Å². The van der Waals surface area contributed by atoms with Gasteiger partial charge in [0.25, 0.3) is 0 Å². The molecular weight excluding hydrogens is 358 g/mol. The number of benzene rings is 1. The van der Waals surface area contributed by atoms with Crippen molar-refractivity contribution in [1.29, 1.82) is 0 Å². The zero-order valence-corrected chi connectivity index (χ0v) is 14.9. The van der Waals surface area contributed by atoms with Crippen LogP contribution < -0.4 is 10.1 Å². The van der Waals surface area contributed by atoms with Gasteiger partial charge in [0.05, 0.1) is 20.0 Å². The van der Waals surface area contributed by atoms with Gasteiger partial charge in [0, 0.05) is 4.88 Å². The highest BCUT2D eigenvalue weighted by Gasteiger charge is 2.09. The summed E-state index contributed by atoms with van der Waals surface area (Å²) in [5, 5.41) is 5.61. The number of nitrogens with zero attached hydrogens (tertiary/aromatic N) is 3. The molecule has 1 aromatic carbocycles. The summed E-state index contributed by atoms with van der Waals surface area (Å²) in [6.07, 6.45) is 1.58. The second-order valence-corrected chi connectivity index (χ2v) is 6.66. The molecule has 0 atom stereocenters. The van der Waals surface area contributed by atoms with Crippen LogP contribution in [0.1, 0.15) is 4.88 Å². The maximum atomic E-state index is 5.95. The van der Waals surface area contributed by atoms with Crippen molar-refractivity contribution in [3.8, 4) is 16.9 Å². The number of aromatic amines is 1. The number of nitrogens with one attached hydrogen (secondary N) is 2. The van der Waals surface area contributed by atoms with Gasteiger partial charge in [0.1, 0.15) is 11.3 Å². The summed E-state index contributed by atoms with van der Waals surface area (Å²) in [5.74, 6) is 1.50. The minimum Gasteiger partial charge on any atom is -0.497 e. The van der Waals surface area contributed by atoms with Crippen molar-refractivity contribution in [2.24, 2.45) is 0 Å². The molecule has 0 fully saturated rings. The zero-order valence-electron chi connectivity index (χ0n) is 13.3. The Balaban J connectivity index is 1.51. The number of H-pyrrole nitrogens is 1. The highest BCUT2D eigenvalue weighted by Crippen LogP contribution is 2.28. The monoisotopic (exact) mass is 371 g/mol. The molecule has 0 spiro atoms. The van der Waals surface area contributed by atoms with E-state index in [1.54, 1.807) is 24.8 Å². The second kappa shape index (κ2) is 6.70. The highest BCUT2D eigenvalue weighted by molar-refractivity contribution is 7.10. The van der Waals surface area contributed by atoms with E-state index < -0.39 is 0 Å². The molecule has 0 radical (unpaired) electrons. The first kappa shape index (κ1) is 15.9. The Kier molecular flexibility index (Phi) is 4.25. The second-order valence-electron chi connectivity index (χ2n) is 5.33. The van der Waals surface area contributed by atoms with Crippen LogP contribution in [0.5, 0.6) is 5.75 Å². The molecule has 6 nitrogen and oxygen atoms in total. The van der Waals surface area contributed by atoms with E-state index in [9.17, 15) is 0 Å². The number of aromatic nitrogens is 4. The smallest absolute Gasteiger partial charge is 0.226 e. The number of hydrogen-bond donors (Lipinski definition) is 2. The molecule has 0 bridgehead atoms. The fourth-order valence-corrected chi connectivity index (χ4v) is 3.51. The van der Waals surface area contributed by atoms with Crippen LogP contribution in [-0.2, 0) is 6.54 Å². The fourth-order valence-electron chi connectivity index (χ4n) is 2.51. The number of rotatable bonds is 5. The predicted molar refractivity (Wildman–Crippen MR) is 100 cm³/mol. The Morgan fingerprint density at radius 1 is 1.20 bits per heavy atom. The standard InChI is InChI=1S/C17H14ClN5OS/c1-24-12-4-2-10(3-5-12)11-6-13(25-8-11)7-19-15-14-16(21-9-20-14)23-17(18)22-15/h2-6,8-9H,7H2,1H3,(H2,19,20,21,22,23). The van der Waals surface area contributed by atoms with Crippen molar-refractivity contribution in [3.05, 3.63) is 52.2 Å². The topological polar surface area (TPSA) is 75.7 Å². The lowest BCUT2D eigenvalue weighted by atomic mass is 10.1. The van der Waals surface area contributed by atoms with Gasteiger partial charge in [0.2, 0.25) is 5.28 Å². The number of imidazole rings is 1. The normalized spacial score (nSPS) is 11.0. The SMILES string of the molecule is COc1ccc(-c2csc(CNc3nc(Cl)nc4nc[nH]c34)c2)cc1. The van der Waals surface area contributed by atoms with E-state index in [0.29, 0.717) is 18.0 Å². The number of hydrogen-bond acceptors (Lipinski definition) is 6. The average Bonchev–Trinajstić information content (AvgIpc) is 3.29. The maximum Gasteiger partial charge on any atom is 0.226 e. The van der Waals surface area contributed by atoms with E-state index in [2.05, 4.69) is 48.8 Å². The summed E-state index contributed by atoms with van der Waals surface area (Å²) in [7, 11) is 1.67. The molecule has 0 aliphatic carbocycles. The van der Waals surface area contributed by atoms with Gasteiger partial charge >= 0.3 is 0 Å². The summed E-state index contributed by atoms with van der Waals surface area (Å²) in [6, 6.07) is 10.2. The number of anilines is 1. The van der Waals surface area contributed by atoms with Crippen LogP contribution in [0.3, 0.4) is 0 Å². The molecular formula is C17H14ClN5OS. The van der Waals surface area contributed by atoms with Crippen LogP contribution >= 0.6 is 22.9 Å². The van der Waals surface area contributed by atoms with Crippen molar-refractivity contribution in [2.45, 2.75) is 6.54 Å². The summed E-state index contributed by atoms with van der Waals surface area (Å²) >= 11 is 7.64. The number of methoxy groups -OCH3 is 1. The van der Waals surface area contributed by atoms with Crippen LogP contribution in [0.2, 0.25) is 5.28 Å². The lowest BCUT2D eigenvalue weighted by Gasteiger charge is -2.05. The van der Waals surface area contributed by atoms with E-state index in [4.69, 9.17) is 16.3 Å². The van der Waals surface area contributed by atoms with Crippen LogP contribution in [0.4, 0.5) is 5.82 Å². The molecule has 0 aliphatic rings. The Hall–Kier alpha value is -2.64. The number of thiophene rings is 1. The fraction of sp³-hybridized carbons (Fsp3) is 0.118. The van der Waals surface area contributed by atoms with Crippen LogP contribution in [-0.4, -0.2) is 27.0 Å². The van der Waals surface area contributed by atoms with E-state index in [-0.39, 0.29) is 5.28 Å². The third-order valence-corrected chi connectivity index (χ3v) is 4.87. The van der Waals surface area contributed by atoms with Crippen molar-refractivity contribution in [1.82, 2.24) is 19.9 Å². The van der Waals surface area contributed by atoms with Gasteiger partial charge in [-0.15, -0.1) is 11.3 Å². The Morgan fingerprint density at radius 3 is 2.84 bits per heavy atom. The van der Waals surface area contributed by atoms with Gasteiger partial charge in [-0.05, 0) is 46.3 Å². The summed E-state index contributed by atoms with van der Waals surface area (Å²) in [4.78, 5) is 16.6. The van der Waals surface area contributed by atoms with E-state index in [0.717, 1.165) is 16.8 Å². The van der Waals surface area contributed by atoms with Crippen molar-refractivity contribution >= 4 is 39.9 Å². The first-order chi connectivity index (χ1) is 12.2. The molecule has 3 heterocycles. The molecule has 2 N–H and O–H groups in total. The molecule has 8 heteroatoms. The average molecular weight is 372 g/mol. The third-order valence-electron chi connectivity index (χ3n) is 3.77. The van der Waals surface area contributed by atoms with E-state index in [1.165, 1.54) is 10.4 Å². The third kappa shape index (κ3) is 3.29. The van der Waals surface area contributed by atoms with E-state index in [1.807, 2.05) is 12.1 Å². The lowest BCUT2D eigenvalue weighted by Crippen LogP contribution is -2.02. The Morgan fingerprint density at radius 2 is 2.04 bits per heavy atom. The first-order valence-electron chi connectivity index (χ1n) is 7.55. The van der Waals surface area contributed by atoms with Crippen molar-refractivity contribution in [3.63, 3.8) is 0 Å². The van der Waals surface area contributed by atoms with Crippen molar-refractivity contribution in [2.75, 3.05) is 12.4 Å². The summed E-state index contributed by atoms with van der Waals surface area (Å²) in [6.45, 7) is 0.641.